The Morgan fingerprint density at radius 1 is 1.27 bits per heavy atom. The van der Waals surface area contributed by atoms with Crippen LogP contribution in [-0.4, -0.2) is 0 Å². The number of benzene rings is 1. The molecule has 1 radical (unpaired) electrons. The Labute approximate surface area is 90.8 Å². The monoisotopic (exact) mass is 197 g/mol. The zero-order valence-corrected chi connectivity index (χ0v) is 8.88. The van der Waals surface area contributed by atoms with E-state index in [1.807, 2.05) is 12.1 Å². The van der Waals surface area contributed by atoms with Gasteiger partial charge in [0.25, 0.3) is 0 Å². The maximum absolute atomic E-state index is 8.97. The van der Waals surface area contributed by atoms with E-state index in [2.05, 4.69) is 19.1 Å². The lowest BCUT2D eigenvalue weighted by Crippen LogP contribution is -1.94. The maximum atomic E-state index is 8.97. The number of rotatable bonds is 4. The largest absolute Gasteiger partial charge is 0.192 e. The maximum Gasteiger partial charge on any atom is 0.101 e. The summed E-state index contributed by atoms with van der Waals surface area (Å²) < 4.78 is 0. The molecule has 0 aliphatic rings. The van der Waals surface area contributed by atoms with Crippen LogP contribution in [0.2, 0.25) is 0 Å². The molecule has 0 fully saturated rings. The molecule has 15 heavy (non-hydrogen) atoms. The predicted octanol–water partition coefficient (Wildman–Crippen LogP) is 2.96. The van der Waals surface area contributed by atoms with Gasteiger partial charge in [-0.2, -0.15) is 10.5 Å². The molecule has 1 aromatic carbocycles. The average Bonchev–Trinajstić information content (AvgIpc) is 2.29. The molecule has 1 rings (SSSR count). The van der Waals surface area contributed by atoms with E-state index in [4.69, 9.17) is 10.5 Å². The van der Waals surface area contributed by atoms with E-state index in [0.717, 1.165) is 31.2 Å². The fraction of sp³-hybridized carbons (Fsp3) is 0.385. The Kier molecular flexibility index (Phi) is 4.38. The van der Waals surface area contributed by atoms with Crippen LogP contribution in [0.25, 0.3) is 0 Å². The fourth-order valence-corrected chi connectivity index (χ4v) is 1.53. The molecular formula is C13H13N2. The standard InChI is InChI=1S/C13H13N2/c1-2-3-4-6-11-7-5-8-12(9-14)13(11)10-15/h5,7H,2-4,6H2,1H3. The summed E-state index contributed by atoms with van der Waals surface area (Å²) in [6.45, 7) is 2.14. The number of nitriles is 2. The Bertz CT molecular complexity index is 408. The molecule has 0 aromatic heterocycles. The quantitative estimate of drug-likeness (QED) is 0.696. The zero-order valence-electron chi connectivity index (χ0n) is 8.88. The van der Waals surface area contributed by atoms with Crippen molar-refractivity contribution < 1.29 is 0 Å². The van der Waals surface area contributed by atoms with Crippen molar-refractivity contribution in [1.82, 2.24) is 0 Å². The van der Waals surface area contributed by atoms with E-state index in [-0.39, 0.29) is 0 Å². The van der Waals surface area contributed by atoms with Crippen molar-refractivity contribution in [2.45, 2.75) is 32.6 Å². The summed E-state index contributed by atoms with van der Waals surface area (Å²) in [7, 11) is 0. The molecule has 0 aliphatic heterocycles. The van der Waals surface area contributed by atoms with E-state index >= 15 is 0 Å². The number of hydrogen-bond acceptors (Lipinski definition) is 2. The highest BCUT2D eigenvalue weighted by molar-refractivity contribution is 5.49. The molecule has 0 unspecified atom stereocenters. The van der Waals surface area contributed by atoms with Crippen molar-refractivity contribution in [1.29, 1.82) is 10.5 Å². The van der Waals surface area contributed by atoms with Crippen LogP contribution in [0.5, 0.6) is 0 Å². The van der Waals surface area contributed by atoms with Gasteiger partial charge in [-0.25, -0.2) is 0 Å². The molecule has 0 bridgehead atoms. The molecule has 0 aliphatic carbocycles. The SMILES string of the molecule is CCCCCc1cc[c]c(C#N)c1C#N. The van der Waals surface area contributed by atoms with Gasteiger partial charge < -0.3 is 0 Å². The summed E-state index contributed by atoms with van der Waals surface area (Å²) >= 11 is 0. The van der Waals surface area contributed by atoms with Gasteiger partial charge >= 0.3 is 0 Å². The molecule has 2 heteroatoms. The first-order valence-electron chi connectivity index (χ1n) is 5.17. The van der Waals surface area contributed by atoms with Crippen molar-refractivity contribution in [3.8, 4) is 12.1 Å². The second-order valence-corrected chi connectivity index (χ2v) is 3.43. The lowest BCUT2D eigenvalue weighted by Gasteiger charge is -2.03. The van der Waals surface area contributed by atoms with Crippen LogP contribution in [0.3, 0.4) is 0 Å². The minimum absolute atomic E-state index is 0.367. The van der Waals surface area contributed by atoms with E-state index in [0.29, 0.717) is 11.1 Å². The molecular weight excluding hydrogens is 184 g/mol. The van der Waals surface area contributed by atoms with Crippen molar-refractivity contribution in [3.05, 3.63) is 34.9 Å². The fourth-order valence-electron chi connectivity index (χ4n) is 1.53. The Balaban J connectivity index is 2.89. The predicted molar refractivity (Wildman–Crippen MR) is 57.9 cm³/mol. The number of unbranched alkanes of at least 4 members (excludes halogenated alkanes) is 2. The summed E-state index contributed by atoms with van der Waals surface area (Å²) in [6, 6.07) is 10.5. The Morgan fingerprint density at radius 2 is 2.07 bits per heavy atom. The second kappa shape index (κ2) is 5.83. The van der Waals surface area contributed by atoms with E-state index in [1.54, 1.807) is 6.07 Å². The van der Waals surface area contributed by atoms with Gasteiger partial charge in [0.05, 0.1) is 11.1 Å². The van der Waals surface area contributed by atoms with E-state index in [9.17, 15) is 0 Å². The van der Waals surface area contributed by atoms with E-state index < -0.39 is 0 Å². The van der Waals surface area contributed by atoms with Crippen LogP contribution in [0, 0.1) is 28.7 Å². The number of aryl methyl sites for hydroxylation is 1. The van der Waals surface area contributed by atoms with Gasteiger partial charge in [0, 0.05) is 6.07 Å². The van der Waals surface area contributed by atoms with Crippen LogP contribution in [0.4, 0.5) is 0 Å². The van der Waals surface area contributed by atoms with Crippen LogP contribution in [-0.2, 0) is 6.42 Å². The van der Waals surface area contributed by atoms with Crippen molar-refractivity contribution >= 4 is 0 Å². The van der Waals surface area contributed by atoms with Crippen LogP contribution < -0.4 is 0 Å². The molecule has 0 saturated carbocycles. The van der Waals surface area contributed by atoms with Gasteiger partial charge in [-0.15, -0.1) is 0 Å². The first kappa shape index (κ1) is 11.3. The molecule has 2 nitrogen and oxygen atoms in total. The highest BCUT2D eigenvalue weighted by atomic mass is 14.3. The van der Waals surface area contributed by atoms with Crippen LogP contribution in [0.15, 0.2) is 12.1 Å². The molecule has 0 atom stereocenters. The topological polar surface area (TPSA) is 47.6 Å². The molecule has 0 N–H and O–H groups in total. The molecule has 0 saturated heterocycles. The first-order chi connectivity index (χ1) is 7.33. The first-order valence-corrected chi connectivity index (χ1v) is 5.17. The van der Waals surface area contributed by atoms with Crippen LogP contribution >= 0.6 is 0 Å². The minimum Gasteiger partial charge on any atom is -0.192 e. The van der Waals surface area contributed by atoms with Gasteiger partial charge in [0.1, 0.15) is 12.1 Å². The smallest absolute Gasteiger partial charge is 0.101 e. The third kappa shape index (κ3) is 2.82. The highest BCUT2D eigenvalue weighted by Gasteiger charge is 2.06. The Hall–Kier alpha value is -1.80. The lowest BCUT2D eigenvalue weighted by atomic mass is 9.98. The van der Waals surface area contributed by atoms with Gasteiger partial charge in [0.2, 0.25) is 0 Å². The summed E-state index contributed by atoms with van der Waals surface area (Å²) in [5.74, 6) is 0. The van der Waals surface area contributed by atoms with Gasteiger partial charge in [0.15, 0.2) is 0 Å². The van der Waals surface area contributed by atoms with Gasteiger partial charge in [-0.05, 0) is 18.4 Å². The average molecular weight is 197 g/mol. The second-order valence-electron chi connectivity index (χ2n) is 3.43. The minimum atomic E-state index is 0.367. The van der Waals surface area contributed by atoms with Gasteiger partial charge in [-0.1, -0.05) is 31.9 Å². The molecule has 0 spiro atoms. The van der Waals surface area contributed by atoms with Crippen molar-refractivity contribution in [2.75, 3.05) is 0 Å². The highest BCUT2D eigenvalue weighted by Crippen LogP contribution is 2.15. The summed E-state index contributed by atoms with van der Waals surface area (Å²) in [5.41, 5.74) is 1.84. The third-order valence-corrected chi connectivity index (χ3v) is 2.36. The van der Waals surface area contributed by atoms with Crippen molar-refractivity contribution in [2.24, 2.45) is 0 Å². The molecule has 75 valence electrons. The van der Waals surface area contributed by atoms with Crippen molar-refractivity contribution in [3.63, 3.8) is 0 Å². The number of hydrogen-bond donors (Lipinski definition) is 0. The lowest BCUT2D eigenvalue weighted by molar-refractivity contribution is 0.716. The Morgan fingerprint density at radius 3 is 2.67 bits per heavy atom. The summed E-state index contributed by atoms with van der Waals surface area (Å²) in [4.78, 5) is 0. The molecule has 0 heterocycles. The van der Waals surface area contributed by atoms with Gasteiger partial charge in [-0.3, -0.25) is 0 Å². The number of nitrogens with zero attached hydrogens (tertiary/aromatic N) is 2. The van der Waals surface area contributed by atoms with E-state index in [1.165, 1.54) is 0 Å². The zero-order chi connectivity index (χ0) is 11.1. The van der Waals surface area contributed by atoms with Crippen LogP contribution in [0.1, 0.15) is 42.9 Å². The third-order valence-electron chi connectivity index (χ3n) is 2.36. The summed E-state index contributed by atoms with van der Waals surface area (Å²) in [6.07, 6.45) is 4.26. The molecule has 1 aromatic rings. The normalized spacial score (nSPS) is 9.27. The summed E-state index contributed by atoms with van der Waals surface area (Å²) in [5, 5.41) is 17.8. The molecule has 0 amide bonds.